The number of carboxylic acid groups (broad SMARTS) is 1. The Balaban J connectivity index is 1.72. The van der Waals surface area contributed by atoms with E-state index in [9.17, 15) is 31.9 Å². The SMILES string of the molecule is O=C(O)c1ccc(-c2nn(C(O)c3c(C4(C(F)(F)F)CC4)ccc(F)c3Cl)c3cccnc23)c(F)c1. The molecule has 2 aromatic carbocycles. The molecule has 2 aromatic heterocycles. The molecular formula is C24H15ClF5N3O3. The zero-order chi connectivity index (χ0) is 26.0. The average molecular weight is 524 g/mol. The van der Waals surface area contributed by atoms with Crippen LogP contribution in [0.5, 0.6) is 0 Å². The van der Waals surface area contributed by atoms with E-state index >= 15 is 0 Å². The van der Waals surface area contributed by atoms with Crippen molar-refractivity contribution in [3.8, 4) is 11.3 Å². The van der Waals surface area contributed by atoms with Gasteiger partial charge in [-0.3, -0.25) is 4.98 Å². The highest BCUT2D eigenvalue weighted by atomic mass is 35.5. The number of hydrogen-bond acceptors (Lipinski definition) is 4. The van der Waals surface area contributed by atoms with Gasteiger partial charge in [0.1, 0.15) is 22.8 Å². The topological polar surface area (TPSA) is 88.2 Å². The van der Waals surface area contributed by atoms with Crippen LogP contribution in [-0.4, -0.2) is 37.1 Å². The second kappa shape index (κ2) is 8.24. The predicted molar refractivity (Wildman–Crippen MR) is 119 cm³/mol. The normalized spacial score (nSPS) is 15.8. The van der Waals surface area contributed by atoms with Crippen molar-refractivity contribution in [1.82, 2.24) is 14.8 Å². The summed E-state index contributed by atoms with van der Waals surface area (Å²) in [6, 6.07) is 7.76. The predicted octanol–water partition coefficient (Wildman–Crippen LogP) is 5.86. The van der Waals surface area contributed by atoms with E-state index in [2.05, 4.69) is 10.1 Å². The highest BCUT2D eigenvalue weighted by Crippen LogP contribution is 2.61. The lowest BCUT2D eigenvalue weighted by Gasteiger charge is -2.26. The summed E-state index contributed by atoms with van der Waals surface area (Å²) in [6.45, 7) is 0. The second-order valence-electron chi connectivity index (χ2n) is 8.44. The Labute approximate surface area is 204 Å². The van der Waals surface area contributed by atoms with Crippen LogP contribution < -0.4 is 0 Å². The van der Waals surface area contributed by atoms with Crippen molar-refractivity contribution in [3.05, 3.63) is 82.0 Å². The third-order valence-electron chi connectivity index (χ3n) is 6.37. The van der Waals surface area contributed by atoms with E-state index in [1.807, 2.05) is 0 Å². The first-order valence-corrected chi connectivity index (χ1v) is 10.9. The van der Waals surface area contributed by atoms with Gasteiger partial charge in [-0.15, -0.1) is 0 Å². The van der Waals surface area contributed by atoms with Crippen LogP contribution in [-0.2, 0) is 5.41 Å². The standard InChI is InChI=1S/C24H15ClF5N3O3/c25-18-14(26)6-5-13(23(7-8-23)24(28,29)30)17(18)21(34)33-16-2-1-9-31-20(16)19(32-33)12-4-3-11(22(35)36)10-15(12)27/h1-6,9-10,21,34H,7-8H2,(H,35,36). The summed E-state index contributed by atoms with van der Waals surface area (Å²) in [6.07, 6.45) is -5.81. The molecule has 0 radical (unpaired) electrons. The number of aromatic nitrogens is 3. The monoisotopic (exact) mass is 523 g/mol. The van der Waals surface area contributed by atoms with E-state index < -0.39 is 46.0 Å². The van der Waals surface area contributed by atoms with Gasteiger partial charge in [-0.2, -0.15) is 18.3 Å². The lowest BCUT2D eigenvalue weighted by atomic mass is 9.89. The summed E-state index contributed by atoms with van der Waals surface area (Å²) in [5.41, 5.74) is -3.57. The fourth-order valence-electron chi connectivity index (χ4n) is 4.37. The van der Waals surface area contributed by atoms with Gasteiger partial charge in [-0.05, 0) is 54.8 Å². The van der Waals surface area contributed by atoms with E-state index in [-0.39, 0.29) is 46.3 Å². The van der Waals surface area contributed by atoms with Crippen LogP contribution in [0.3, 0.4) is 0 Å². The largest absolute Gasteiger partial charge is 0.478 e. The van der Waals surface area contributed by atoms with Crippen LogP contribution in [0.25, 0.3) is 22.3 Å². The van der Waals surface area contributed by atoms with Gasteiger partial charge in [0.05, 0.1) is 21.5 Å². The maximum Gasteiger partial charge on any atom is 0.398 e. The number of carboxylic acids is 1. The molecule has 6 nitrogen and oxygen atoms in total. The maximum absolute atomic E-state index is 14.8. The molecule has 186 valence electrons. The van der Waals surface area contributed by atoms with Gasteiger partial charge in [0.2, 0.25) is 0 Å². The molecule has 1 saturated carbocycles. The van der Waals surface area contributed by atoms with E-state index in [0.717, 1.165) is 35.0 Å². The van der Waals surface area contributed by atoms with E-state index in [4.69, 9.17) is 16.7 Å². The van der Waals surface area contributed by atoms with Crippen molar-refractivity contribution < 1.29 is 37.0 Å². The Morgan fingerprint density at radius 3 is 2.44 bits per heavy atom. The number of halogens is 6. The molecule has 0 aliphatic heterocycles. The highest BCUT2D eigenvalue weighted by molar-refractivity contribution is 6.31. The number of aliphatic hydroxyl groups excluding tert-OH is 1. The van der Waals surface area contributed by atoms with Crippen molar-refractivity contribution in [2.75, 3.05) is 0 Å². The smallest absolute Gasteiger partial charge is 0.398 e. The molecule has 0 bridgehead atoms. The van der Waals surface area contributed by atoms with Crippen molar-refractivity contribution in [2.24, 2.45) is 0 Å². The minimum atomic E-state index is -4.67. The van der Waals surface area contributed by atoms with Crippen LogP contribution in [0.1, 0.15) is 40.6 Å². The van der Waals surface area contributed by atoms with Gasteiger partial charge >= 0.3 is 12.1 Å². The lowest BCUT2D eigenvalue weighted by Crippen LogP contribution is -2.31. The summed E-state index contributed by atoms with van der Waals surface area (Å²) in [7, 11) is 0. The number of aromatic carboxylic acids is 1. The zero-order valence-corrected chi connectivity index (χ0v) is 18.8. The van der Waals surface area contributed by atoms with Gasteiger partial charge in [-0.25, -0.2) is 18.3 Å². The Kier molecular flexibility index (Phi) is 5.53. The van der Waals surface area contributed by atoms with E-state index in [1.165, 1.54) is 18.3 Å². The molecule has 2 heterocycles. The number of benzene rings is 2. The number of nitrogens with zero attached hydrogens (tertiary/aromatic N) is 3. The number of fused-ring (bicyclic) bond motifs is 1. The Bertz CT molecular complexity index is 1530. The number of aliphatic hydroxyl groups is 1. The average Bonchev–Trinajstić information content (AvgIpc) is 3.56. The Hall–Kier alpha value is -3.57. The van der Waals surface area contributed by atoms with E-state index in [1.54, 1.807) is 0 Å². The molecule has 0 saturated heterocycles. The number of alkyl halides is 3. The fourth-order valence-corrected chi connectivity index (χ4v) is 4.63. The van der Waals surface area contributed by atoms with Gasteiger partial charge < -0.3 is 10.2 Å². The number of carbonyl (C=O) groups is 1. The maximum atomic E-state index is 14.8. The minimum absolute atomic E-state index is 0.0737. The molecule has 1 aliphatic carbocycles. The van der Waals surface area contributed by atoms with Crippen LogP contribution >= 0.6 is 11.6 Å². The minimum Gasteiger partial charge on any atom is -0.478 e. The first-order valence-electron chi connectivity index (χ1n) is 10.6. The Morgan fingerprint density at radius 1 is 1.11 bits per heavy atom. The van der Waals surface area contributed by atoms with Gasteiger partial charge in [0, 0.05) is 17.3 Å². The fraction of sp³-hybridized carbons (Fsp3) is 0.208. The summed E-state index contributed by atoms with van der Waals surface area (Å²) in [5.74, 6) is -3.33. The summed E-state index contributed by atoms with van der Waals surface area (Å²) in [5, 5.41) is 23.9. The molecule has 12 heteroatoms. The first-order chi connectivity index (χ1) is 17.0. The molecule has 0 spiro atoms. The molecule has 1 aliphatic rings. The number of hydrogen-bond donors (Lipinski definition) is 2. The van der Waals surface area contributed by atoms with Crippen LogP contribution in [0, 0.1) is 11.6 Å². The van der Waals surface area contributed by atoms with Crippen molar-refractivity contribution >= 4 is 28.6 Å². The van der Waals surface area contributed by atoms with E-state index in [0.29, 0.717) is 0 Å². The van der Waals surface area contributed by atoms with Gasteiger partial charge in [0.15, 0.2) is 6.23 Å². The van der Waals surface area contributed by atoms with Crippen LogP contribution in [0.2, 0.25) is 5.02 Å². The molecule has 2 N–H and O–H groups in total. The quantitative estimate of drug-likeness (QED) is 0.320. The molecule has 0 amide bonds. The second-order valence-corrected chi connectivity index (χ2v) is 8.82. The summed E-state index contributed by atoms with van der Waals surface area (Å²) < 4.78 is 72.0. The van der Waals surface area contributed by atoms with Crippen LogP contribution in [0.15, 0.2) is 48.7 Å². The number of rotatable bonds is 5. The molecule has 1 unspecified atom stereocenters. The number of pyridine rings is 1. The zero-order valence-electron chi connectivity index (χ0n) is 18.0. The van der Waals surface area contributed by atoms with Gasteiger partial charge in [-0.1, -0.05) is 17.7 Å². The molecular weight excluding hydrogens is 509 g/mol. The van der Waals surface area contributed by atoms with Crippen molar-refractivity contribution in [3.63, 3.8) is 0 Å². The molecule has 5 rings (SSSR count). The lowest BCUT2D eigenvalue weighted by molar-refractivity contribution is -0.161. The molecule has 4 aromatic rings. The molecule has 1 fully saturated rings. The van der Waals surface area contributed by atoms with Crippen molar-refractivity contribution in [2.45, 2.75) is 30.7 Å². The molecule has 1 atom stereocenters. The van der Waals surface area contributed by atoms with Gasteiger partial charge in [0.25, 0.3) is 0 Å². The van der Waals surface area contributed by atoms with Crippen LogP contribution in [0.4, 0.5) is 22.0 Å². The highest BCUT2D eigenvalue weighted by Gasteiger charge is 2.65. The van der Waals surface area contributed by atoms with Crippen molar-refractivity contribution in [1.29, 1.82) is 0 Å². The summed E-state index contributed by atoms with van der Waals surface area (Å²) >= 11 is 6.10. The molecule has 36 heavy (non-hydrogen) atoms. The third-order valence-corrected chi connectivity index (χ3v) is 6.75. The first kappa shape index (κ1) is 24.1. The summed E-state index contributed by atoms with van der Waals surface area (Å²) in [4.78, 5) is 15.3. The third kappa shape index (κ3) is 3.61. The Morgan fingerprint density at radius 2 is 1.83 bits per heavy atom.